The number of esters is 1. The molecular formula is C28H22IN3O5S. The van der Waals surface area contributed by atoms with Crippen LogP contribution in [0.15, 0.2) is 70.6 Å². The second-order valence-corrected chi connectivity index (χ2v) is 10.2. The third-order valence-corrected chi connectivity index (χ3v) is 7.44. The maximum absolute atomic E-state index is 12.9. The van der Waals surface area contributed by atoms with Gasteiger partial charge in [0.2, 0.25) is 0 Å². The van der Waals surface area contributed by atoms with Crippen LogP contribution in [0.3, 0.4) is 0 Å². The van der Waals surface area contributed by atoms with Crippen LogP contribution in [0.2, 0.25) is 0 Å². The summed E-state index contributed by atoms with van der Waals surface area (Å²) in [7, 11) is 4.55. The predicted molar refractivity (Wildman–Crippen MR) is 154 cm³/mol. The fourth-order valence-electron chi connectivity index (χ4n) is 3.57. The number of thioether (sulfide) groups is 1. The van der Waals surface area contributed by atoms with Gasteiger partial charge in [0.25, 0.3) is 5.91 Å². The van der Waals surface area contributed by atoms with E-state index in [1.807, 2.05) is 24.3 Å². The van der Waals surface area contributed by atoms with Crippen molar-refractivity contribution in [1.82, 2.24) is 4.90 Å². The molecular weight excluding hydrogens is 617 g/mol. The van der Waals surface area contributed by atoms with Gasteiger partial charge in [-0.2, -0.15) is 5.26 Å². The van der Waals surface area contributed by atoms with E-state index < -0.39 is 5.97 Å². The Morgan fingerprint density at radius 3 is 2.58 bits per heavy atom. The van der Waals surface area contributed by atoms with Gasteiger partial charge in [0.15, 0.2) is 16.7 Å². The molecule has 1 aliphatic rings. The van der Waals surface area contributed by atoms with E-state index in [-0.39, 0.29) is 12.5 Å². The van der Waals surface area contributed by atoms with Crippen LogP contribution in [0.25, 0.3) is 6.08 Å². The van der Waals surface area contributed by atoms with Crippen LogP contribution in [0.1, 0.15) is 27.0 Å². The molecule has 0 saturated carbocycles. The van der Waals surface area contributed by atoms with Crippen molar-refractivity contribution in [2.45, 2.75) is 6.61 Å². The molecule has 0 aromatic heterocycles. The summed E-state index contributed by atoms with van der Waals surface area (Å²) < 4.78 is 17.1. The number of amidine groups is 1. The molecule has 3 aromatic carbocycles. The molecule has 0 spiro atoms. The highest BCUT2D eigenvalue weighted by Gasteiger charge is 2.30. The van der Waals surface area contributed by atoms with Gasteiger partial charge in [-0.25, -0.2) is 9.79 Å². The highest BCUT2D eigenvalue weighted by atomic mass is 127. The van der Waals surface area contributed by atoms with Gasteiger partial charge in [-0.3, -0.25) is 9.69 Å². The standard InChI is InChI=1S/C28H22IN3O5S/c1-32-26(33)24(38-28(32)31-21-10-8-18(9-11-21)27(34)36-3)14-17-12-22(29)25(23(13-17)35-2)37-16-20-7-5-4-6-19(20)15-30/h4-14H,16H2,1-3H3. The Morgan fingerprint density at radius 2 is 1.89 bits per heavy atom. The summed E-state index contributed by atoms with van der Waals surface area (Å²) in [5.41, 5.74) is 3.13. The maximum Gasteiger partial charge on any atom is 0.337 e. The average Bonchev–Trinajstić information content (AvgIpc) is 3.19. The predicted octanol–water partition coefficient (Wildman–Crippen LogP) is 5.77. The summed E-state index contributed by atoms with van der Waals surface area (Å²) in [4.78, 5) is 31.1. The smallest absolute Gasteiger partial charge is 0.337 e. The Hall–Kier alpha value is -3.82. The second-order valence-electron chi connectivity index (χ2n) is 8.00. The van der Waals surface area contributed by atoms with Crippen molar-refractivity contribution >= 4 is 63.2 Å². The lowest BCUT2D eigenvalue weighted by Gasteiger charge is -2.14. The topological polar surface area (TPSA) is 101 Å². The number of likely N-dealkylation sites (N-methyl/N-ethyl adjacent to an activating group) is 1. The molecule has 192 valence electrons. The van der Waals surface area contributed by atoms with Crippen molar-refractivity contribution in [1.29, 1.82) is 5.26 Å². The molecule has 0 atom stereocenters. The minimum absolute atomic E-state index is 0.178. The van der Waals surface area contributed by atoms with Gasteiger partial charge in [-0.1, -0.05) is 18.2 Å². The Labute approximate surface area is 238 Å². The number of hydrogen-bond donors (Lipinski definition) is 0. The largest absolute Gasteiger partial charge is 0.493 e. The number of methoxy groups -OCH3 is 2. The van der Waals surface area contributed by atoms with Gasteiger partial charge in [0, 0.05) is 12.6 Å². The molecule has 3 aromatic rings. The Kier molecular flexibility index (Phi) is 8.70. The molecule has 4 rings (SSSR count). The van der Waals surface area contributed by atoms with E-state index in [9.17, 15) is 14.9 Å². The lowest BCUT2D eigenvalue weighted by molar-refractivity contribution is -0.121. The summed E-state index contributed by atoms with van der Waals surface area (Å²) in [6, 6.07) is 19.8. The summed E-state index contributed by atoms with van der Waals surface area (Å²) in [6.45, 7) is 0.218. The van der Waals surface area contributed by atoms with Crippen molar-refractivity contribution < 1.29 is 23.8 Å². The van der Waals surface area contributed by atoms with Crippen LogP contribution in [-0.2, 0) is 16.1 Å². The van der Waals surface area contributed by atoms with Crippen LogP contribution in [0.5, 0.6) is 11.5 Å². The van der Waals surface area contributed by atoms with Gasteiger partial charge in [-0.05, 0) is 88.5 Å². The first-order chi connectivity index (χ1) is 18.3. The van der Waals surface area contributed by atoms with Crippen LogP contribution in [0.4, 0.5) is 5.69 Å². The number of carbonyl (C=O) groups is 2. The van der Waals surface area contributed by atoms with E-state index in [0.29, 0.717) is 38.4 Å². The molecule has 0 bridgehead atoms. The first-order valence-corrected chi connectivity index (χ1v) is 13.2. The fourth-order valence-corrected chi connectivity index (χ4v) is 5.34. The van der Waals surface area contributed by atoms with E-state index in [0.717, 1.165) is 14.7 Å². The molecule has 0 aliphatic carbocycles. The highest BCUT2D eigenvalue weighted by Crippen LogP contribution is 2.38. The van der Waals surface area contributed by atoms with Gasteiger partial charge in [0.05, 0.1) is 45.6 Å². The highest BCUT2D eigenvalue weighted by molar-refractivity contribution is 14.1. The number of aliphatic imine (C=N–C) groups is 1. The molecule has 0 radical (unpaired) electrons. The van der Waals surface area contributed by atoms with Gasteiger partial charge >= 0.3 is 5.97 Å². The molecule has 8 nitrogen and oxygen atoms in total. The first kappa shape index (κ1) is 27.2. The van der Waals surface area contributed by atoms with Crippen LogP contribution in [0, 0.1) is 14.9 Å². The zero-order valence-electron chi connectivity index (χ0n) is 20.7. The quantitative estimate of drug-likeness (QED) is 0.184. The molecule has 1 heterocycles. The Balaban J connectivity index is 1.55. The van der Waals surface area contributed by atoms with Crippen LogP contribution in [-0.4, -0.2) is 43.2 Å². The molecule has 1 amide bonds. The van der Waals surface area contributed by atoms with Crippen LogP contribution >= 0.6 is 34.4 Å². The number of carbonyl (C=O) groups excluding carboxylic acids is 2. The number of nitriles is 1. The van der Waals surface area contributed by atoms with Gasteiger partial charge in [0.1, 0.15) is 6.61 Å². The maximum atomic E-state index is 12.9. The second kappa shape index (κ2) is 12.1. The van der Waals surface area contributed by atoms with Crippen LogP contribution < -0.4 is 9.47 Å². The molecule has 1 fully saturated rings. The van der Waals surface area contributed by atoms with Crippen molar-refractivity contribution in [2.24, 2.45) is 4.99 Å². The zero-order chi connectivity index (χ0) is 27.2. The summed E-state index contributed by atoms with van der Waals surface area (Å²) in [5.74, 6) is 0.470. The number of hydrogen-bond acceptors (Lipinski definition) is 8. The molecule has 38 heavy (non-hydrogen) atoms. The van der Waals surface area contributed by atoms with Gasteiger partial charge < -0.3 is 14.2 Å². The van der Waals surface area contributed by atoms with E-state index in [4.69, 9.17) is 14.2 Å². The number of ether oxygens (including phenoxy) is 3. The number of benzene rings is 3. The van der Waals surface area contributed by atoms with Crippen molar-refractivity contribution in [3.05, 3.63) is 91.4 Å². The molecule has 1 aliphatic heterocycles. The lowest BCUT2D eigenvalue weighted by Crippen LogP contribution is -2.23. The summed E-state index contributed by atoms with van der Waals surface area (Å²) in [5, 5.41) is 9.85. The molecule has 0 unspecified atom stereocenters. The fraction of sp³-hybridized carbons (Fsp3) is 0.143. The average molecular weight is 639 g/mol. The van der Waals surface area contributed by atoms with Crippen molar-refractivity contribution in [2.75, 3.05) is 21.3 Å². The van der Waals surface area contributed by atoms with E-state index >= 15 is 0 Å². The number of rotatable bonds is 7. The summed E-state index contributed by atoms with van der Waals surface area (Å²) in [6.07, 6.45) is 1.78. The molecule has 0 N–H and O–H groups in total. The van der Waals surface area contributed by atoms with Crippen molar-refractivity contribution in [3.8, 4) is 17.6 Å². The minimum atomic E-state index is -0.426. The number of halogens is 1. The number of amides is 1. The van der Waals surface area contributed by atoms with E-state index in [2.05, 4.69) is 33.7 Å². The molecule has 1 saturated heterocycles. The zero-order valence-corrected chi connectivity index (χ0v) is 23.7. The Morgan fingerprint density at radius 1 is 1.16 bits per heavy atom. The number of nitrogens with zero attached hydrogens (tertiary/aromatic N) is 3. The monoisotopic (exact) mass is 639 g/mol. The van der Waals surface area contributed by atoms with E-state index in [1.54, 1.807) is 56.6 Å². The van der Waals surface area contributed by atoms with Crippen molar-refractivity contribution in [3.63, 3.8) is 0 Å². The van der Waals surface area contributed by atoms with Gasteiger partial charge in [-0.15, -0.1) is 0 Å². The van der Waals surface area contributed by atoms with E-state index in [1.165, 1.54) is 23.8 Å². The third-order valence-electron chi connectivity index (χ3n) is 5.58. The SMILES string of the molecule is COC(=O)c1ccc(N=C2SC(=Cc3cc(I)c(OCc4ccccc4C#N)c(OC)c3)C(=O)N2C)cc1. The Bertz CT molecular complexity index is 1500. The lowest BCUT2D eigenvalue weighted by atomic mass is 10.1. The molecule has 10 heteroatoms. The normalized spacial score (nSPS) is 15.0. The first-order valence-electron chi connectivity index (χ1n) is 11.3. The minimum Gasteiger partial charge on any atom is -0.493 e. The third kappa shape index (κ3) is 6.00. The summed E-state index contributed by atoms with van der Waals surface area (Å²) >= 11 is 3.42.